The first kappa shape index (κ1) is 19.3. The van der Waals surface area contributed by atoms with E-state index >= 15 is 0 Å². The van der Waals surface area contributed by atoms with Gasteiger partial charge in [-0.25, -0.2) is 4.68 Å². The molecule has 0 N–H and O–H groups in total. The predicted molar refractivity (Wildman–Crippen MR) is 103 cm³/mol. The Bertz CT molecular complexity index is 887. The molecule has 0 bridgehead atoms. The second-order valence-corrected chi connectivity index (χ2v) is 8.28. The van der Waals surface area contributed by atoms with Gasteiger partial charge in [0.25, 0.3) is 11.5 Å². The van der Waals surface area contributed by atoms with Gasteiger partial charge in [-0.15, -0.1) is 0 Å². The monoisotopic (exact) mass is 369 g/mol. The minimum atomic E-state index is -0.491. The quantitative estimate of drug-likeness (QED) is 0.831. The third-order valence-electron chi connectivity index (χ3n) is 5.04. The molecule has 1 aliphatic heterocycles. The SMILES string of the molecule is Cn1nc(C(=O)N(Cc2ccccc2)C2CC(C)(C)OC2(C)C)ccc1=O. The van der Waals surface area contributed by atoms with E-state index in [0.29, 0.717) is 6.54 Å². The average molecular weight is 369 g/mol. The predicted octanol–water partition coefficient (Wildman–Crippen LogP) is 2.77. The minimum absolute atomic E-state index is 0.112. The largest absolute Gasteiger partial charge is 0.367 e. The molecule has 0 saturated carbocycles. The zero-order valence-corrected chi connectivity index (χ0v) is 16.6. The molecule has 6 nitrogen and oxygen atoms in total. The Morgan fingerprint density at radius 2 is 1.85 bits per heavy atom. The van der Waals surface area contributed by atoms with Crippen LogP contribution in [0.5, 0.6) is 0 Å². The topological polar surface area (TPSA) is 64.4 Å². The van der Waals surface area contributed by atoms with Crippen molar-refractivity contribution < 1.29 is 9.53 Å². The average Bonchev–Trinajstić information content (AvgIpc) is 2.82. The summed E-state index contributed by atoms with van der Waals surface area (Å²) in [5, 5.41) is 4.16. The van der Waals surface area contributed by atoms with Crippen molar-refractivity contribution in [3.05, 3.63) is 64.1 Å². The van der Waals surface area contributed by atoms with Crippen molar-refractivity contribution in [2.24, 2.45) is 7.05 Å². The van der Waals surface area contributed by atoms with E-state index in [1.54, 1.807) is 7.05 Å². The van der Waals surface area contributed by atoms with Crippen molar-refractivity contribution in [2.45, 2.75) is 57.9 Å². The molecule has 1 aliphatic rings. The van der Waals surface area contributed by atoms with Gasteiger partial charge in [-0.05, 0) is 45.7 Å². The van der Waals surface area contributed by atoms with Gasteiger partial charge in [0.2, 0.25) is 0 Å². The van der Waals surface area contributed by atoms with Crippen LogP contribution in [0.25, 0.3) is 0 Å². The van der Waals surface area contributed by atoms with Crippen molar-refractivity contribution >= 4 is 5.91 Å². The van der Waals surface area contributed by atoms with Gasteiger partial charge in [0.05, 0.1) is 17.2 Å². The lowest BCUT2D eigenvalue weighted by molar-refractivity contribution is -0.0785. The fourth-order valence-electron chi connectivity index (χ4n) is 3.89. The fourth-order valence-corrected chi connectivity index (χ4v) is 3.89. The highest BCUT2D eigenvalue weighted by Crippen LogP contribution is 2.41. The zero-order valence-electron chi connectivity index (χ0n) is 16.6. The van der Waals surface area contributed by atoms with E-state index in [1.807, 2.05) is 62.9 Å². The Balaban J connectivity index is 2.00. The summed E-state index contributed by atoms with van der Waals surface area (Å²) in [5.41, 5.74) is 0.242. The summed E-state index contributed by atoms with van der Waals surface area (Å²) >= 11 is 0. The number of carbonyl (C=O) groups is 1. The highest BCUT2D eigenvalue weighted by molar-refractivity contribution is 5.92. The van der Waals surface area contributed by atoms with Crippen molar-refractivity contribution in [2.75, 3.05) is 0 Å². The molecule has 1 atom stereocenters. The van der Waals surface area contributed by atoms with Crippen molar-refractivity contribution in [3.8, 4) is 0 Å². The number of benzene rings is 1. The molecule has 1 aromatic carbocycles. The van der Waals surface area contributed by atoms with Crippen LogP contribution in [0.1, 0.15) is 50.2 Å². The summed E-state index contributed by atoms with van der Waals surface area (Å²) in [6, 6.07) is 12.6. The molecule has 1 saturated heterocycles. The highest BCUT2D eigenvalue weighted by Gasteiger charge is 2.49. The lowest BCUT2D eigenvalue weighted by atomic mass is 9.92. The number of amides is 1. The van der Waals surface area contributed by atoms with Gasteiger partial charge >= 0.3 is 0 Å². The molecule has 0 spiro atoms. The highest BCUT2D eigenvalue weighted by atomic mass is 16.5. The lowest BCUT2D eigenvalue weighted by Gasteiger charge is -2.36. The molecule has 1 amide bonds. The molecule has 27 heavy (non-hydrogen) atoms. The van der Waals surface area contributed by atoms with Gasteiger partial charge in [0, 0.05) is 19.7 Å². The zero-order chi connectivity index (χ0) is 19.8. The molecule has 0 radical (unpaired) electrons. The van der Waals surface area contributed by atoms with E-state index in [1.165, 1.54) is 16.8 Å². The Hall–Kier alpha value is -2.47. The Morgan fingerprint density at radius 3 is 2.41 bits per heavy atom. The number of hydrogen-bond acceptors (Lipinski definition) is 4. The smallest absolute Gasteiger partial charge is 0.274 e. The first-order valence-corrected chi connectivity index (χ1v) is 9.18. The van der Waals surface area contributed by atoms with E-state index in [4.69, 9.17) is 4.74 Å². The van der Waals surface area contributed by atoms with Crippen LogP contribution in [0.4, 0.5) is 0 Å². The number of ether oxygens (including phenoxy) is 1. The Kier molecular flexibility index (Phi) is 4.95. The second kappa shape index (κ2) is 6.93. The van der Waals surface area contributed by atoms with Crippen molar-refractivity contribution in [1.29, 1.82) is 0 Å². The molecule has 144 valence electrons. The van der Waals surface area contributed by atoms with Crippen LogP contribution in [0.3, 0.4) is 0 Å². The van der Waals surface area contributed by atoms with Gasteiger partial charge in [0.1, 0.15) is 5.69 Å². The minimum Gasteiger partial charge on any atom is -0.367 e. The van der Waals surface area contributed by atoms with Crippen LogP contribution in [0.15, 0.2) is 47.3 Å². The maximum absolute atomic E-state index is 13.4. The maximum Gasteiger partial charge on any atom is 0.274 e. The summed E-state index contributed by atoms with van der Waals surface area (Å²) in [7, 11) is 1.55. The van der Waals surface area contributed by atoms with Gasteiger partial charge < -0.3 is 9.64 Å². The van der Waals surface area contributed by atoms with Gasteiger partial charge in [-0.2, -0.15) is 5.10 Å². The maximum atomic E-state index is 13.4. The first-order valence-electron chi connectivity index (χ1n) is 9.18. The van der Waals surface area contributed by atoms with E-state index in [2.05, 4.69) is 5.10 Å². The van der Waals surface area contributed by atoms with Crippen molar-refractivity contribution in [3.63, 3.8) is 0 Å². The van der Waals surface area contributed by atoms with Crippen LogP contribution in [-0.2, 0) is 18.3 Å². The number of aryl methyl sites for hydroxylation is 1. The second-order valence-electron chi connectivity index (χ2n) is 8.28. The van der Waals surface area contributed by atoms with Gasteiger partial charge in [-0.1, -0.05) is 30.3 Å². The van der Waals surface area contributed by atoms with Crippen LogP contribution in [0.2, 0.25) is 0 Å². The number of rotatable bonds is 4. The van der Waals surface area contributed by atoms with E-state index in [-0.39, 0.29) is 28.8 Å². The standard InChI is InChI=1S/C21H27N3O3/c1-20(2)13-17(21(3,4)27-20)24(14-15-9-7-6-8-10-15)19(26)16-11-12-18(25)23(5)22-16/h6-12,17H,13-14H2,1-5H3. The third kappa shape index (κ3) is 4.11. The molecule has 2 aromatic rings. The molecule has 1 aromatic heterocycles. The molecule has 2 heterocycles. The molecular formula is C21H27N3O3. The van der Waals surface area contributed by atoms with Crippen LogP contribution < -0.4 is 5.56 Å². The van der Waals surface area contributed by atoms with E-state index < -0.39 is 5.60 Å². The van der Waals surface area contributed by atoms with Gasteiger partial charge in [0.15, 0.2) is 0 Å². The van der Waals surface area contributed by atoms with E-state index in [0.717, 1.165) is 12.0 Å². The summed E-state index contributed by atoms with van der Waals surface area (Å²) < 4.78 is 7.42. The Labute approximate surface area is 159 Å². The lowest BCUT2D eigenvalue weighted by Crippen LogP contribution is -2.49. The summed E-state index contributed by atoms with van der Waals surface area (Å²) in [6.07, 6.45) is 0.727. The first-order chi connectivity index (χ1) is 12.6. The molecule has 1 fully saturated rings. The number of aromatic nitrogens is 2. The number of carbonyl (C=O) groups excluding carboxylic acids is 1. The summed E-state index contributed by atoms with van der Waals surface area (Å²) in [4.78, 5) is 26.9. The van der Waals surface area contributed by atoms with Gasteiger partial charge in [-0.3, -0.25) is 9.59 Å². The molecule has 3 rings (SSSR count). The molecule has 6 heteroatoms. The fraction of sp³-hybridized carbons (Fsp3) is 0.476. The van der Waals surface area contributed by atoms with Crippen molar-refractivity contribution in [1.82, 2.24) is 14.7 Å². The number of hydrogen-bond donors (Lipinski definition) is 0. The summed E-state index contributed by atoms with van der Waals surface area (Å²) in [5.74, 6) is -0.200. The molecule has 0 aliphatic carbocycles. The molecule has 1 unspecified atom stereocenters. The van der Waals surface area contributed by atoms with Crippen LogP contribution in [-0.4, -0.2) is 37.8 Å². The van der Waals surface area contributed by atoms with Crippen LogP contribution in [0, 0.1) is 0 Å². The molecular weight excluding hydrogens is 342 g/mol. The third-order valence-corrected chi connectivity index (χ3v) is 5.04. The normalized spacial score (nSPS) is 20.4. The van der Waals surface area contributed by atoms with E-state index in [9.17, 15) is 9.59 Å². The summed E-state index contributed by atoms with van der Waals surface area (Å²) in [6.45, 7) is 8.59. The Morgan fingerprint density at radius 1 is 1.19 bits per heavy atom. The number of nitrogens with zero attached hydrogens (tertiary/aromatic N) is 3. The van der Waals surface area contributed by atoms with Crippen LogP contribution >= 0.6 is 0 Å².